The van der Waals surface area contributed by atoms with Crippen molar-refractivity contribution in [2.45, 2.75) is 19.0 Å². The average Bonchev–Trinajstić information content (AvgIpc) is 3.23. The standard InChI is InChI=1S/C14H15F4N3/c1-20-9-4-5-11(10(15)6-9)21-12(8-2-3-8)7-13(19)14(16,17)18/h4-8,20H,2-3,19H2,1H3. The van der Waals surface area contributed by atoms with Crippen LogP contribution in [0.5, 0.6) is 0 Å². The molecule has 2 rings (SSSR count). The van der Waals surface area contributed by atoms with Crippen molar-refractivity contribution in [3.05, 3.63) is 35.8 Å². The van der Waals surface area contributed by atoms with Crippen LogP contribution >= 0.6 is 0 Å². The van der Waals surface area contributed by atoms with Crippen LogP contribution in [0.15, 0.2) is 35.0 Å². The van der Waals surface area contributed by atoms with Crippen LogP contribution in [0.4, 0.5) is 28.9 Å². The first-order chi connectivity index (χ1) is 9.81. The second-order valence-corrected chi connectivity index (χ2v) is 4.82. The summed E-state index contributed by atoms with van der Waals surface area (Å²) in [5, 5.41) is 2.77. The Balaban J connectivity index is 2.35. The molecule has 0 amide bonds. The molecule has 1 saturated carbocycles. The van der Waals surface area contributed by atoms with E-state index in [1.54, 1.807) is 13.1 Å². The van der Waals surface area contributed by atoms with Crippen LogP contribution in [0.2, 0.25) is 0 Å². The van der Waals surface area contributed by atoms with Gasteiger partial charge in [0.2, 0.25) is 0 Å². The minimum Gasteiger partial charge on any atom is -0.395 e. The van der Waals surface area contributed by atoms with E-state index in [9.17, 15) is 17.6 Å². The Bertz CT molecular complexity index is 586. The number of alkyl halides is 3. The third kappa shape index (κ3) is 3.96. The minimum absolute atomic E-state index is 0.00197. The molecule has 0 heterocycles. The molecular formula is C14H15F4N3. The van der Waals surface area contributed by atoms with Crippen molar-refractivity contribution < 1.29 is 17.6 Å². The van der Waals surface area contributed by atoms with E-state index < -0.39 is 17.7 Å². The van der Waals surface area contributed by atoms with E-state index in [-0.39, 0.29) is 17.3 Å². The Morgan fingerprint density at radius 3 is 2.52 bits per heavy atom. The van der Waals surface area contributed by atoms with Crippen molar-refractivity contribution >= 4 is 17.1 Å². The number of rotatable bonds is 4. The Morgan fingerprint density at radius 1 is 1.38 bits per heavy atom. The van der Waals surface area contributed by atoms with Gasteiger partial charge in [-0.15, -0.1) is 0 Å². The predicted molar refractivity (Wildman–Crippen MR) is 74.1 cm³/mol. The second-order valence-electron chi connectivity index (χ2n) is 4.82. The molecule has 1 aliphatic carbocycles. The Morgan fingerprint density at radius 2 is 2.05 bits per heavy atom. The maximum absolute atomic E-state index is 13.8. The van der Waals surface area contributed by atoms with Crippen LogP contribution in [0.25, 0.3) is 0 Å². The number of benzene rings is 1. The molecule has 0 atom stereocenters. The Hall–Kier alpha value is -2.05. The first kappa shape index (κ1) is 15.3. The summed E-state index contributed by atoms with van der Waals surface area (Å²) in [5.41, 5.74) is 4.51. The summed E-state index contributed by atoms with van der Waals surface area (Å²) >= 11 is 0. The van der Waals surface area contributed by atoms with E-state index in [2.05, 4.69) is 10.3 Å². The summed E-state index contributed by atoms with van der Waals surface area (Å²) in [6, 6.07) is 4.25. The van der Waals surface area contributed by atoms with E-state index in [1.165, 1.54) is 12.1 Å². The van der Waals surface area contributed by atoms with Gasteiger partial charge in [-0.25, -0.2) is 4.39 Å². The number of halogens is 4. The molecule has 0 spiro atoms. The number of hydrogen-bond donors (Lipinski definition) is 2. The summed E-state index contributed by atoms with van der Waals surface area (Å²) in [5.74, 6) is -0.687. The number of nitrogens with two attached hydrogens (primary N) is 1. The molecule has 1 aromatic rings. The smallest absolute Gasteiger partial charge is 0.395 e. The van der Waals surface area contributed by atoms with Gasteiger partial charge >= 0.3 is 6.18 Å². The third-order valence-corrected chi connectivity index (χ3v) is 3.11. The van der Waals surface area contributed by atoms with Crippen molar-refractivity contribution in [2.75, 3.05) is 12.4 Å². The zero-order valence-electron chi connectivity index (χ0n) is 11.3. The van der Waals surface area contributed by atoms with E-state index in [0.29, 0.717) is 5.69 Å². The van der Waals surface area contributed by atoms with Gasteiger partial charge in [0, 0.05) is 24.4 Å². The van der Waals surface area contributed by atoms with Crippen molar-refractivity contribution in [1.29, 1.82) is 0 Å². The van der Waals surface area contributed by atoms with Gasteiger partial charge in [-0.05, 0) is 37.1 Å². The maximum atomic E-state index is 13.8. The SMILES string of the molecule is CNc1ccc(N=C(C=C(N)C(F)(F)F)C2CC2)c(F)c1. The normalized spacial score (nSPS) is 17.0. The lowest BCUT2D eigenvalue weighted by Crippen LogP contribution is -2.21. The largest absolute Gasteiger partial charge is 0.430 e. The number of aliphatic imine (C=N–C) groups is 1. The monoisotopic (exact) mass is 301 g/mol. The van der Waals surface area contributed by atoms with Crippen LogP contribution in [0.3, 0.4) is 0 Å². The first-order valence-electron chi connectivity index (χ1n) is 6.41. The van der Waals surface area contributed by atoms with Gasteiger partial charge in [-0.3, -0.25) is 4.99 Å². The maximum Gasteiger partial charge on any atom is 0.430 e. The highest BCUT2D eigenvalue weighted by molar-refractivity contribution is 6.00. The van der Waals surface area contributed by atoms with Crippen LogP contribution < -0.4 is 11.1 Å². The van der Waals surface area contributed by atoms with E-state index in [0.717, 1.165) is 18.9 Å². The van der Waals surface area contributed by atoms with Gasteiger partial charge in [0.25, 0.3) is 0 Å². The van der Waals surface area contributed by atoms with E-state index in [1.807, 2.05) is 0 Å². The van der Waals surface area contributed by atoms with Crippen molar-refractivity contribution in [2.24, 2.45) is 16.6 Å². The number of nitrogens with one attached hydrogen (secondary N) is 1. The highest BCUT2D eigenvalue weighted by atomic mass is 19.4. The van der Waals surface area contributed by atoms with Crippen LogP contribution in [0.1, 0.15) is 12.8 Å². The van der Waals surface area contributed by atoms with Crippen LogP contribution in [-0.4, -0.2) is 18.9 Å². The molecule has 21 heavy (non-hydrogen) atoms. The van der Waals surface area contributed by atoms with Gasteiger partial charge < -0.3 is 11.1 Å². The number of anilines is 1. The summed E-state index contributed by atoms with van der Waals surface area (Å²) in [4.78, 5) is 4.01. The molecule has 0 radical (unpaired) electrons. The van der Waals surface area contributed by atoms with Crippen molar-refractivity contribution in [3.8, 4) is 0 Å². The number of allylic oxidation sites excluding steroid dienone is 2. The summed E-state index contributed by atoms with van der Waals surface area (Å²) in [6.07, 6.45) is -2.35. The third-order valence-electron chi connectivity index (χ3n) is 3.11. The summed E-state index contributed by atoms with van der Waals surface area (Å²) in [7, 11) is 1.64. The number of hydrogen-bond acceptors (Lipinski definition) is 3. The molecule has 0 aromatic heterocycles. The number of nitrogens with zero attached hydrogens (tertiary/aromatic N) is 1. The van der Waals surface area contributed by atoms with Crippen LogP contribution in [-0.2, 0) is 0 Å². The van der Waals surface area contributed by atoms with Crippen LogP contribution in [0, 0.1) is 11.7 Å². The fraction of sp³-hybridized carbons (Fsp3) is 0.357. The lowest BCUT2D eigenvalue weighted by atomic mass is 10.2. The molecule has 0 bridgehead atoms. The quantitative estimate of drug-likeness (QED) is 0.657. The molecule has 114 valence electrons. The average molecular weight is 301 g/mol. The molecule has 3 nitrogen and oxygen atoms in total. The van der Waals surface area contributed by atoms with Gasteiger partial charge in [0.05, 0.1) is 5.69 Å². The van der Waals surface area contributed by atoms with Gasteiger partial charge in [0.15, 0.2) is 5.82 Å². The van der Waals surface area contributed by atoms with Gasteiger partial charge in [-0.2, -0.15) is 13.2 Å². The fourth-order valence-corrected chi connectivity index (χ4v) is 1.75. The zero-order valence-corrected chi connectivity index (χ0v) is 11.3. The highest BCUT2D eigenvalue weighted by Crippen LogP contribution is 2.34. The van der Waals surface area contributed by atoms with Gasteiger partial charge in [-0.1, -0.05) is 0 Å². The summed E-state index contributed by atoms with van der Waals surface area (Å²) < 4.78 is 51.3. The predicted octanol–water partition coefficient (Wildman–Crippen LogP) is 3.75. The lowest BCUT2D eigenvalue weighted by Gasteiger charge is -2.08. The fourth-order valence-electron chi connectivity index (χ4n) is 1.75. The lowest BCUT2D eigenvalue weighted by molar-refractivity contribution is -0.0925. The molecule has 0 unspecified atom stereocenters. The van der Waals surface area contributed by atoms with E-state index >= 15 is 0 Å². The molecule has 1 fully saturated rings. The highest BCUT2D eigenvalue weighted by Gasteiger charge is 2.34. The second kappa shape index (κ2) is 5.75. The molecule has 3 N–H and O–H groups in total. The minimum atomic E-state index is -4.61. The van der Waals surface area contributed by atoms with Crippen molar-refractivity contribution in [1.82, 2.24) is 0 Å². The molecule has 1 aliphatic rings. The molecule has 7 heteroatoms. The summed E-state index contributed by atoms with van der Waals surface area (Å²) in [6.45, 7) is 0. The molecular weight excluding hydrogens is 286 g/mol. The molecule has 0 aliphatic heterocycles. The van der Waals surface area contributed by atoms with Gasteiger partial charge in [0.1, 0.15) is 5.70 Å². The molecule has 0 saturated heterocycles. The Labute approximate surface area is 119 Å². The zero-order chi connectivity index (χ0) is 15.6. The van der Waals surface area contributed by atoms with Crippen molar-refractivity contribution in [3.63, 3.8) is 0 Å². The molecule has 1 aromatic carbocycles. The Kier molecular flexibility index (Phi) is 4.20. The van der Waals surface area contributed by atoms with E-state index in [4.69, 9.17) is 5.73 Å². The topological polar surface area (TPSA) is 50.4 Å². The first-order valence-corrected chi connectivity index (χ1v) is 6.41.